The van der Waals surface area contributed by atoms with Crippen LogP contribution in [0.25, 0.3) is 0 Å². The first-order valence-electron chi connectivity index (χ1n) is 5.33. The summed E-state index contributed by atoms with van der Waals surface area (Å²) in [6, 6.07) is 0. The Kier molecular flexibility index (Phi) is 2.20. The van der Waals surface area contributed by atoms with Crippen LogP contribution in [0.5, 0.6) is 0 Å². The Hall–Kier alpha value is -0.330. The Morgan fingerprint density at radius 3 is 2.67 bits per heavy atom. The molecule has 0 aromatic heterocycles. The Morgan fingerprint density at radius 1 is 1.08 bits per heavy atom. The van der Waals surface area contributed by atoms with Gasteiger partial charge in [0, 0.05) is 11.8 Å². The Labute approximate surface area is 74.5 Å². The topological polar surface area (TPSA) is 17.1 Å². The lowest BCUT2D eigenvalue weighted by atomic mass is 9.67. The van der Waals surface area contributed by atoms with Crippen molar-refractivity contribution in [2.75, 3.05) is 0 Å². The molecule has 68 valence electrons. The van der Waals surface area contributed by atoms with Gasteiger partial charge in [0.1, 0.15) is 5.78 Å². The van der Waals surface area contributed by atoms with Crippen LogP contribution in [-0.4, -0.2) is 5.78 Å². The highest BCUT2D eigenvalue weighted by Crippen LogP contribution is 2.40. The van der Waals surface area contributed by atoms with Crippen LogP contribution in [0.2, 0.25) is 0 Å². The van der Waals surface area contributed by atoms with Gasteiger partial charge < -0.3 is 0 Å². The van der Waals surface area contributed by atoms with Gasteiger partial charge in [-0.2, -0.15) is 0 Å². The van der Waals surface area contributed by atoms with E-state index in [1.165, 1.54) is 32.1 Å². The van der Waals surface area contributed by atoms with Crippen molar-refractivity contribution >= 4 is 5.78 Å². The number of carbonyl (C=O) groups excluding carboxylic acids is 1. The summed E-state index contributed by atoms with van der Waals surface area (Å²) in [5.41, 5.74) is 0. The van der Waals surface area contributed by atoms with Crippen LogP contribution in [0.15, 0.2) is 0 Å². The van der Waals surface area contributed by atoms with Crippen molar-refractivity contribution in [1.82, 2.24) is 0 Å². The predicted octanol–water partition coefficient (Wildman–Crippen LogP) is 2.79. The van der Waals surface area contributed by atoms with Crippen LogP contribution in [0.1, 0.15) is 45.4 Å². The second-order valence-electron chi connectivity index (χ2n) is 4.53. The van der Waals surface area contributed by atoms with Gasteiger partial charge in [0.05, 0.1) is 0 Å². The fraction of sp³-hybridized carbons (Fsp3) is 0.909. The smallest absolute Gasteiger partial charge is 0.139 e. The maximum Gasteiger partial charge on any atom is 0.139 e. The first kappa shape index (κ1) is 8.28. The van der Waals surface area contributed by atoms with Crippen LogP contribution < -0.4 is 0 Å². The van der Waals surface area contributed by atoms with Crippen molar-refractivity contribution in [2.45, 2.75) is 45.4 Å². The third-order valence-corrected chi connectivity index (χ3v) is 3.73. The van der Waals surface area contributed by atoms with Crippen LogP contribution in [0, 0.1) is 17.8 Å². The molecule has 0 spiro atoms. The molecule has 3 atom stereocenters. The van der Waals surface area contributed by atoms with Crippen molar-refractivity contribution in [3.05, 3.63) is 0 Å². The van der Waals surface area contributed by atoms with E-state index < -0.39 is 0 Å². The van der Waals surface area contributed by atoms with Crippen LogP contribution in [0.4, 0.5) is 0 Å². The zero-order chi connectivity index (χ0) is 8.55. The van der Waals surface area contributed by atoms with Gasteiger partial charge in [-0.15, -0.1) is 0 Å². The van der Waals surface area contributed by atoms with Gasteiger partial charge in [-0.3, -0.25) is 4.79 Å². The van der Waals surface area contributed by atoms with E-state index in [-0.39, 0.29) is 0 Å². The quantitative estimate of drug-likeness (QED) is 0.541. The van der Waals surface area contributed by atoms with Crippen molar-refractivity contribution < 1.29 is 4.79 Å². The Bertz CT molecular complexity index is 185. The van der Waals surface area contributed by atoms with E-state index in [4.69, 9.17) is 0 Å². The largest absolute Gasteiger partial charge is 0.299 e. The molecular formula is C11H18O. The second kappa shape index (κ2) is 3.20. The zero-order valence-corrected chi connectivity index (χ0v) is 7.88. The maximum absolute atomic E-state index is 11.8. The molecule has 0 saturated heterocycles. The van der Waals surface area contributed by atoms with E-state index in [9.17, 15) is 4.79 Å². The number of carbonyl (C=O) groups is 1. The molecule has 0 bridgehead atoms. The fourth-order valence-corrected chi connectivity index (χ4v) is 2.90. The van der Waals surface area contributed by atoms with Crippen molar-refractivity contribution in [1.29, 1.82) is 0 Å². The van der Waals surface area contributed by atoms with Gasteiger partial charge in [-0.05, 0) is 31.6 Å². The van der Waals surface area contributed by atoms with E-state index in [2.05, 4.69) is 6.92 Å². The minimum Gasteiger partial charge on any atom is -0.299 e. The minimum absolute atomic E-state index is 0.365. The molecule has 2 rings (SSSR count). The first-order chi connectivity index (χ1) is 5.79. The number of ketones is 1. The standard InChI is InChI=1S/C11H18O/c1-8-6-7-9-4-2-3-5-10(9)11(8)12/h8-10H,2-7H2,1H3/t8?,9-,10+/m1/s1. The van der Waals surface area contributed by atoms with Gasteiger partial charge in [0.2, 0.25) is 0 Å². The highest BCUT2D eigenvalue weighted by Gasteiger charge is 2.36. The molecule has 2 aliphatic rings. The van der Waals surface area contributed by atoms with Gasteiger partial charge in [-0.25, -0.2) is 0 Å². The van der Waals surface area contributed by atoms with Crippen LogP contribution >= 0.6 is 0 Å². The molecular weight excluding hydrogens is 148 g/mol. The SMILES string of the molecule is CC1CC[C@H]2CCCC[C@@H]2C1=O. The number of fused-ring (bicyclic) bond motifs is 1. The number of Topliss-reactive ketones (excluding diaryl/α,β-unsaturated/α-hetero) is 1. The molecule has 0 heterocycles. The molecule has 1 nitrogen and oxygen atoms in total. The lowest BCUT2D eigenvalue weighted by molar-refractivity contribution is -0.132. The first-order valence-corrected chi connectivity index (χ1v) is 5.33. The van der Waals surface area contributed by atoms with Gasteiger partial charge in [0.15, 0.2) is 0 Å². The van der Waals surface area contributed by atoms with E-state index in [0.29, 0.717) is 17.6 Å². The van der Waals surface area contributed by atoms with Gasteiger partial charge in [-0.1, -0.05) is 19.8 Å². The second-order valence-corrected chi connectivity index (χ2v) is 4.53. The van der Waals surface area contributed by atoms with Gasteiger partial charge >= 0.3 is 0 Å². The average Bonchev–Trinajstić information content (AvgIpc) is 2.12. The summed E-state index contributed by atoms with van der Waals surface area (Å²) in [4.78, 5) is 11.8. The molecule has 2 fully saturated rings. The molecule has 0 radical (unpaired) electrons. The third kappa shape index (κ3) is 1.30. The Morgan fingerprint density at radius 2 is 1.83 bits per heavy atom. The number of hydrogen-bond acceptors (Lipinski definition) is 1. The summed E-state index contributed by atoms with van der Waals surface area (Å²) < 4.78 is 0. The molecule has 0 N–H and O–H groups in total. The predicted molar refractivity (Wildman–Crippen MR) is 48.9 cm³/mol. The monoisotopic (exact) mass is 166 g/mol. The van der Waals surface area contributed by atoms with E-state index in [1.807, 2.05) is 0 Å². The summed E-state index contributed by atoms with van der Waals surface area (Å²) in [5.74, 6) is 2.17. The van der Waals surface area contributed by atoms with Crippen molar-refractivity contribution in [2.24, 2.45) is 17.8 Å². The van der Waals surface area contributed by atoms with Gasteiger partial charge in [0.25, 0.3) is 0 Å². The average molecular weight is 166 g/mol. The molecule has 0 aliphatic heterocycles. The summed E-state index contributed by atoms with van der Waals surface area (Å²) in [6.45, 7) is 2.10. The fourth-order valence-electron chi connectivity index (χ4n) is 2.90. The zero-order valence-electron chi connectivity index (χ0n) is 7.88. The van der Waals surface area contributed by atoms with Crippen LogP contribution in [0.3, 0.4) is 0 Å². The number of hydrogen-bond donors (Lipinski definition) is 0. The highest BCUT2D eigenvalue weighted by atomic mass is 16.1. The van der Waals surface area contributed by atoms with E-state index >= 15 is 0 Å². The summed E-state index contributed by atoms with van der Waals surface area (Å²) in [5, 5.41) is 0. The third-order valence-electron chi connectivity index (χ3n) is 3.73. The normalized spacial score (nSPS) is 42.4. The highest BCUT2D eigenvalue weighted by molar-refractivity contribution is 5.84. The molecule has 1 heteroatoms. The molecule has 1 unspecified atom stereocenters. The number of rotatable bonds is 0. The van der Waals surface area contributed by atoms with Crippen molar-refractivity contribution in [3.8, 4) is 0 Å². The molecule has 2 saturated carbocycles. The molecule has 2 aliphatic carbocycles. The van der Waals surface area contributed by atoms with E-state index in [1.54, 1.807) is 0 Å². The lowest BCUT2D eigenvalue weighted by Gasteiger charge is -2.36. The molecule has 0 aromatic carbocycles. The molecule has 0 amide bonds. The summed E-state index contributed by atoms with van der Waals surface area (Å²) in [7, 11) is 0. The van der Waals surface area contributed by atoms with E-state index in [0.717, 1.165) is 12.3 Å². The minimum atomic E-state index is 0.365. The van der Waals surface area contributed by atoms with Crippen molar-refractivity contribution in [3.63, 3.8) is 0 Å². The molecule has 0 aromatic rings. The summed E-state index contributed by atoms with van der Waals surface area (Å²) in [6.07, 6.45) is 7.64. The molecule has 12 heavy (non-hydrogen) atoms. The summed E-state index contributed by atoms with van der Waals surface area (Å²) >= 11 is 0. The maximum atomic E-state index is 11.8. The van der Waals surface area contributed by atoms with Crippen LogP contribution in [-0.2, 0) is 4.79 Å². The Balaban J connectivity index is 2.08. The lowest BCUT2D eigenvalue weighted by Crippen LogP contribution is -2.35.